The quantitative estimate of drug-likeness (QED) is 0.714. The molecule has 0 radical (unpaired) electrons. The van der Waals surface area contributed by atoms with Crippen molar-refractivity contribution in [1.29, 1.82) is 0 Å². The Bertz CT molecular complexity index is 226. The Labute approximate surface area is 103 Å². The fourth-order valence-corrected chi connectivity index (χ4v) is 2.89. The van der Waals surface area contributed by atoms with Gasteiger partial charge in [0.05, 0.1) is 5.38 Å². The van der Waals surface area contributed by atoms with Gasteiger partial charge in [-0.25, -0.2) is 0 Å². The zero-order chi connectivity index (χ0) is 11.4. The second-order valence-corrected chi connectivity index (χ2v) is 5.91. The van der Waals surface area contributed by atoms with E-state index in [1.165, 1.54) is 38.5 Å². The molecule has 0 saturated heterocycles. The van der Waals surface area contributed by atoms with E-state index < -0.39 is 0 Å². The van der Waals surface area contributed by atoms with E-state index in [1.54, 1.807) is 0 Å². The molecule has 0 aromatic heterocycles. The van der Waals surface area contributed by atoms with E-state index in [9.17, 15) is 4.79 Å². The van der Waals surface area contributed by atoms with Crippen LogP contribution in [-0.2, 0) is 4.79 Å². The van der Waals surface area contributed by atoms with E-state index in [2.05, 4.69) is 5.32 Å². The molecule has 3 heteroatoms. The molecule has 1 unspecified atom stereocenters. The van der Waals surface area contributed by atoms with Crippen molar-refractivity contribution in [1.82, 2.24) is 5.32 Å². The number of carbonyl (C=O) groups excluding carboxylic acids is 1. The van der Waals surface area contributed by atoms with Gasteiger partial charge in [0.25, 0.3) is 0 Å². The van der Waals surface area contributed by atoms with Crippen LogP contribution in [0.4, 0.5) is 0 Å². The maximum absolute atomic E-state index is 11.6. The highest BCUT2D eigenvalue weighted by Crippen LogP contribution is 2.35. The standard InChI is InChI=1S/C13H22ClNO/c14-12(11-6-7-11)9-15-13(16)8-5-10-3-1-2-4-10/h10-12H,1-9H2,(H,15,16). The molecule has 0 bridgehead atoms. The molecule has 0 aromatic rings. The monoisotopic (exact) mass is 243 g/mol. The molecule has 16 heavy (non-hydrogen) atoms. The van der Waals surface area contributed by atoms with Crippen molar-refractivity contribution in [3.05, 3.63) is 0 Å². The summed E-state index contributed by atoms with van der Waals surface area (Å²) in [5, 5.41) is 3.12. The van der Waals surface area contributed by atoms with Gasteiger partial charge >= 0.3 is 0 Å². The van der Waals surface area contributed by atoms with Crippen LogP contribution in [0, 0.1) is 11.8 Å². The molecule has 92 valence electrons. The fraction of sp³-hybridized carbons (Fsp3) is 0.923. The van der Waals surface area contributed by atoms with E-state index in [0.717, 1.165) is 12.3 Å². The van der Waals surface area contributed by atoms with Gasteiger partial charge in [0.15, 0.2) is 0 Å². The number of amides is 1. The lowest BCUT2D eigenvalue weighted by Gasteiger charge is -2.11. The summed E-state index contributed by atoms with van der Waals surface area (Å²) in [7, 11) is 0. The van der Waals surface area contributed by atoms with Crippen LogP contribution in [0.5, 0.6) is 0 Å². The minimum absolute atomic E-state index is 0.162. The van der Waals surface area contributed by atoms with Gasteiger partial charge in [0.1, 0.15) is 0 Å². The van der Waals surface area contributed by atoms with Crippen LogP contribution in [0.1, 0.15) is 51.4 Å². The van der Waals surface area contributed by atoms with Gasteiger partial charge < -0.3 is 5.32 Å². The van der Waals surface area contributed by atoms with E-state index in [-0.39, 0.29) is 11.3 Å². The second kappa shape index (κ2) is 5.90. The third-order valence-electron chi connectivity index (χ3n) is 3.88. The summed E-state index contributed by atoms with van der Waals surface area (Å²) < 4.78 is 0. The van der Waals surface area contributed by atoms with Crippen molar-refractivity contribution in [2.24, 2.45) is 11.8 Å². The average Bonchev–Trinajstić information content (AvgIpc) is 3.01. The largest absolute Gasteiger partial charge is 0.355 e. The Morgan fingerprint density at radius 1 is 1.25 bits per heavy atom. The Kier molecular flexibility index (Phi) is 4.51. The maximum atomic E-state index is 11.6. The molecule has 0 aliphatic heterocycles. The van der Waals surface area contributed by atoms with Gasteiger partial charge in [0.2, 0.25) is 5.91 Å². The van der Waals surface area contributed by atoms with Gasteiger partial charge in [-0.1, -0.05) is 25.7 Å². The molecule has 2 aliphatic rings. The van der Waals surface area contributed by atoms with Crippen molar-refractivity contribution >= 4 is 17.5 Å². The van der Waals surface area contributed by atoms with Crippen LogP contribution in [0.2, 0.25) is 0 Å². The highest BCUT2D eigenvalue weighted by Gasteiger charge is 2.29. The Morgan fingerprint density at radius 3 is 2.56 bits per heavy atom. The summed E-state index contributed by atoms with van der Waals surface area (Å²) in [6.07, 6.45) is 9.62. The summed E-state index contributed by atoms with van der Waals surface area (Å²) in [6, 6.07) is 0. The molecule has 2 fully saturated rings. The highest BCUT2D eigenvalue weighted by atomic mass is 35.5. The minimum atomic E-state index is 0.162. The SMILES string of the molecule is O=C(CCC1CCCC1)NCC(Cl)C1CC1. The first-order valence-electron chi connectivity index (χ1n) is 6.66. The van der Waals surface area contributed by atoms with Gasteiger partial charge in [-0.2, -0.15) is 0 Å². The normalized spacial score (nSPS) is 23.3. The lowest BCUT2D eigenvalue weighted by atomic mass is 10.0. The van der Waals surface area contributed by atoms with E-state index in [0.29, 0.717) is 18.9 Å². The number of hydrogen-bond donors (Lipinski definition) is 1. The Morgan fingerprint density at radius 2 is 1.94 bits per heavy atom. The zero-order valence-corrected chi connectivity index (χ0v) is 10.6. The van der Waals surface area contributed by atoms with Crippen molar-refractivity contribution < 1.29 is 4.79 Å². The van der Waals surface area contributed by atoms with Crippen LogP contribution in [0.25, 0.3) is 0 Å². The van der Waals surface area contributed by atoms with Crippen LogP contribution >= 0.6 is 11.6 Å². The first-order valence-corrected chi connectivity index (χ1v) is 7.10. The number of alkyl halides is 1. The predicted octanol–water partition coefficient (Wildman–Crippen LogP) is 3.09. The first kappa shape index (κ1) is 12.2. The van der Waals surface area contributed by atoms with Gasteiger partial charge in [0, 0.05) is 13.0 Å². The third kappa shape index (κ3) is 3.97. The molecular formula is C13H22ClNO. The number of hydrogen-bond acceptors (Lipinski definition) is 1. The van der Waals surface area contributed by atoms with Crippen molar-refractivity contribution in [3.63, 3.8) is 0 Å². The Hall–Kier alpha value is -0.240. The van der Waals surface area contributed by atoms with Crippen molar-refractivity contribution in [2.75, 3.05) is 6.54 Å². The summed E-state index contributed by atoms with van der Waals surface area (Å²) >= 11 is 6.13. The number of halogens is 1. The third-order valence-corrected chi connectivity index (χ3v) is 4.39. The predicted molar refractivity (Wildman–Crippen MR) is 66.6 cm³/mol. The smallest absolute Gasteiger partial charge is 0.220 e. The van der Waals surface area contributed by atoms with Gasteiger partial charge in [-0.15, -0.1) is 11.6 Å². The lowest BCUT2D eigenvalue weighted by molar-refractivity contribution is -0.121. The molecule has 1 N–H and O–H groups in total. The topological polar surface area (TPSA) is 29.1 Å². The molecule has 0 heterocycles. The van der Waals surface area contributed by atoms with Crippen LogP contribution in [-0.4, -0.2) is 17.8 Å². The summed E-state index contributed by atoms with van der Waals surface area (Å²) in [5.41, 5.74) is 0. The maximum Gasteiger partial charge on any atom is 0.220 e. The van der Waals surface area contributed by atoms with Gasteiger partial charge in [-0.3, -0.25) is 4.79 Å². The lowest BCUT2D eigenvalue weighted by Crippen LogP contribution is -2.30. The average molecular weight is 244 g/mol. The summed E-state index contributed by atoms with van der Waals surface area (Å²) in [6.45, 7) is 0.662. The van der Waals surface area contributed by atoms with E-state index >= 15 is 0 Å². The van der Waals surface area contributed by atoms with Crippen LogP contribution < -0.4 is 5.32 Å². The molecule has 2 rings (SSSR count). The molecule has 1 amide bonds. The number of rotatable bonds is 6. The molecule has 0 spiro atoms. The van der Waals surface area contributed by atoms with Gasteiger partial charge in [-0.05, 0) is 31.1 Å². The van der Waals surface area contributed by atoms with E-state index in [4.69, 9.17) is 11.6 Å². The molecule has 1 atom stereocenters. The number of carbonyl (C=O) groups is 1. The first-order chi connectivity index (χ1) is 7.75. The minimum Gasteiger partial charge on any atom is -0.355 e. The van der Waals surface area contributed by atoms with Crippen LogP contribution in [0.3, 0.4) is 0 Å². The summed E-state index contributed by atoms with van der Waals surface area (Å²) in [5.74, 6) is 1.66. The fourth-order valence-electron chi connectivity index (χ4n) is 2.56. The molecule has 2 saturated carbocycles. The molecular weight excluding hydrogens is 222 g/mol. The number of nitrogens with one attached hydrogen (secondary N) is 1. The molecule has 2 nitrogen and oxygen atoms in total. The second-order valence-electron chi connectivity index (χ2n) is 5.35. The summed E-state index contributed by atoms with van der Waals surface area (Å²) in [4.78, 5) is 11.6. The zero-order valence-electron chi connectivity index (χ0n) is 9.88. The van der Waals surface area contributed by atoms with Crippen molar-refractivity contribution in [2.45, 2.75) is 56.7 Å². The Balaban J connectivity index is 1.53. The highest BCUT2D eigenvalue weighted by molar-refractivity contribution is 6.21. The van der Waals surface area contributed by atoms with Crippen molar-refractivity contribution in [3.8, 4) is 0 Å². The molecule has 2 aliphatic carbocycles. The molecule has 0 aromatic carbocycles. The van der Waals surface area contributed by atoms with E-state index in [1.807, 2.05) is 0 Å². The van der Waals surface area contributed by atoms with Crippen LogP contribution in [0.15, 0.2) is 0 Å².